The van der Waals surface area contributed by atoms with Crippen LogP contribution in [-0.2, 0) is 12.8 Å². The third-order valence-corrected chi connectivity index (χ3v) is 6.15. The van der Waals surface area contributed by atoms with Gasteiger partial charge in [0.05, 0.1) is 4.88 Å². The molecular formula is C19H22N2OS. The number of nitrogens with zero attached hydrogens (tertiary/aromatic N) is 2. The second-order valence-electron chi connectivity index (χ2n) is 6.57. The zero-order valence-electron chi connectivity index (χ0n) is 13.5. The lowest BCUT2D eigenvalue weighted by Gasteiger charge is -2.19. The van der Waals surface area contributed by atoms with Crippen molar-refractivity contribution in [2.75, 3.05) is 33.2 Å². The lowest BCUT2D eigenvalue weighted by Crippen LogP contribution is -2.34. The van der Waals surface area contributed by atoms with E-state index in [-0.39, 0.29) is 5.91 Å². The minimum Gasteiger partial charge on any atom is -0.337 e. The summed E-state index contributed by atoms with van der Waals surface area (Å²) >= 11 is 1.68. The molecule has 3 nitrogen and oxygen atoms in total. The van der Waals surface area contributed by atoms with Crippen LogP contribution in [0.2, 0.25) is 0 Å². The summed E-state index contributed by atoms with van der Waals surface area (Å²) < 4.78 is 0. The van der Waals surface area contributed by atoms with Crippen LogP contribution in [0.5, 0.6) is 0 Å². The number of carbonyl (C=O) groups is 1. The molecule has 1 aromatic carbocycles. The van der Waals surface area contributed by atoms with Gasteiger partial charge in [-0.2, -0.15) is 0 Å². The summed E-state index contributed by atoms with van der Waals surface area (Å²) in [6.45, 7) is 3.77. The molecule has 1 amide bonds. The Hall–Kier alpha value is -1.65. The van der Waals surface area contributed by atoms with E-state index in [1.807, 2.05) is 4.90 Å². The largest absolute Gasteiger partial charge is 0.337 e. The number of thiophene rings is 1. The fourth-order valence-corrected chi connectivity index (χ4v) is 4.82. The van der Waals surface area contributed by atoms with Crippen LogP contribution in [0.15, 0.2) is 30.3 Å². The fraction of sp³-hybridized carbons (Fsp3) is 0.421. The highest BCUT2D eigenvalue weighted by molar-refractivity contribution is 7.17. The highest BCUT2D eigenvalue weighted by Gasteiger charge is 2.24. The smallest absolute Gasteiger partial charge is 0.263 e. The number of aryl methyl sites for hydroxylation is 2. The van der Waals surface area contributed by atoms with Crippen molar-refractivity contribution in [2.24, 2.45) is 0 Å². The Labute approximate surface area is 141 Å². The van der Waals surface area contributed by atoms with Crippen LogP contribution < -0.4 is 0 Å². The van der Waals surface area contributed by atoms with Crippen LogP contribution in [0.25, 0.3) is 10.4 Å². The Morgan fingerprint density at radius 2 is 1.87 bits per heavy atom. The second-order valence-corrected chi connectivity index (χ2v) is 7.62. The van der Waals surface area contributed by atoms with E-state index in [0.29, 0.717) is 0 Å². The van der Waals surface area contributed by atoms with Gasteiger partial charge in [0.25, 0.3) is 5.91 Å². The third kappa shape index (κ3) is 2.81. The minimum atomic E-state index is 0.220. The molecule has 120 valence electrons. The SMILES string of the molecule is CN1CCCN(C(=O)c2cc3c(s2)-c2ccccc2CC3)CC1. The molecule has 1 aliphatic heterocycles. The van der Waals surface area contributed by atoms with E-state index < -0.39 is 0 Å². The molecule has 1 aliphatic carbocycles. The summed E-state index contributed by atoms with van der Waals surface area (Å²) in [5.41, 5.74) is 4.09. The van der Waals surface area contributed by atoms with Gasteiger partial charge in [-0.25, -0.2) is 0 Å². The van der Waals surface area contributed by atoms with Gasteiger partial charge in [0.2, 0.25) is 0 Å². The van der Waals surface area contributed by atoms with Crippen molar-refractivity contribution in [3.05, 3.63) is 46.3 Å². The number of likely N-dealkylation sites (N-methyl/N-ethyl adjacent to an activating group) is 1. The number of fused-ring (bicyclic) bond motifs is 3. The summed E-state index contributed by atoms with van der Waals surface area (Å²) in [4.78, 5) is 19.5. The van der Waals surface area contributed by atoms with Gasteiger partial charge in [-0.15, -0.1) is 11.3 Å². The molecule has 1 aromatic heterocycles. The summed E-state index contributed by atoms with van der Waals surface area (Å²) in [6, 6.07) is 10.8. The molecule has 2 heterocycles. The summed E-state index contributed by atoms with van der Waals surface area (Å²) in [5.74, 6) is 0.220. The van der Waals surface area contributed by atoms with E-state index in [9.17, 15) is 4.79 Å². The van der Waals surface area contributed by atoms with Gasteiger partial charge in [0.1, 0.15) is 0 Å². The first-order chi connectivity index (χ1) is 11.2. The van der Waals surface area contributed by atoms with Crippen LogP contribution in [0.1, 0.15) is 27.2 Å². The van der Waals surface area contributed by atoms with Crippen molar-refractivity contribution >= 4 is 17.2 Å². The van der Waals surface area contributed by atoms with Crippen LogP contribution in [-0.4, -0.2) is 48.9 Å². The van der Waals surface area contributed by atoms with E-state index in [1.165, 1.54) is 21.6 Å². The highest BCUT2D eigenvalue weighted by Crippen LogP contribution is 2.39. The van der Waals surface area contributed by atoms with Crippen LogP contribution in [0.3, 0.4) is 0 Å². The first kappa shape index (κ1) is 14.9. The van der Waals surface area contributed by atoms with Crippen molar-refractivity contribution in [2.45, 2.75) is 19.3 Å². The van der Waals surface area contributed by atoms with Gasteiger partial charge >= 0.3 is 0 Å². The van der Waals surface area contributed by atoms with Crippen molar-refractivity contribution in [1.29, 1.82) is 0 Å². The highest BCUT2D eigenvalue weighted by atomic mass is 32.1. The maximum atomic E-state index is 12.9. The fourth-order valence-electron chi connectivity index (χ4n) is 3.58. The van der Waals surface area contributed by atoms with Crippen LogP contribution in [0.4, 0.5) is 0 Å². The number of amides is 1. The normalized spacial score (nSPS) is 18.2. The number of hydrogen-bond donors (Lipinski definition) is 0. The molecule has 1 saturated heterocycles. The quantitative estimate of drug-likeness (QED) is 0.803. The monoisotopic (exact) mass is 326 g/mol. The van der Waals surface area contributed by atoms with Gasteiger partial charge in [-0.05, 0) is 55.6 Å². The van der Waals surface area contributed by atoms with Gasteiger partial charge < -0.3 is 9.80 Å². The predicted octanol–water partition coefficient (Wildman–Crippen LogP) is 3.29. The first-order valence-electron chi connectivity index (χ1n) is 8.41. The molecule has 0 unspecified atom stereocenters. The number of rotatable bonds is 1. The van der Waals surface area contributed by atoms with Gasteiger partial charge in [-0.3, -0.25) is 4.79 Å². The van der Waals surface area contributed by atoms with Crippen LogP contribution in [0, 0.1) is 0 Å². The number of carbonyl (C=O) groups excluding carboxylic acids is 1. The number of hydrogen-bond acceptors (Lipinski definition) is 3. The zero-order valence-corrected chi connectivity index (χ0v) is 14.4. The second kappa shape index (κ2) is 6.10. The van der Waals surface area contributed by atoms with Crippen molar-refractivity contribution < 1.29 is 4.79 Å². The Morgan fingerprint density at radius 3 is 2.78 bits per heavy atom. The van der Waals surface area contributed by atoms with Crippen LogP contribution >= 0.6 is 11.3 Å². The molecule has 0 N–H and O–H groups in total. The molecule has 2 aromatic rings. The van der Waals surface area contributed by atoms with E-state index >= 15 is 0 Å². The van der Waals surface area contributed by atoms with Crippen molar-refractivity contribution in [1.82, 2.24) is 9.80 Å². The Balaban J connectivity index is 1.62. The molecule has 0 spiro atoms. The summed E-state index contributed by atoms with van der Waals surface area (Å²) in [6.07, 6.45) is 3.21. The van der Waals surface area contributed by atoms with E-state index in [0.717, 1.165) is 50.3 Å². The molecule has 0 radical (unpaired) electrons. The lowest BCUT2D eigenvalue weighted by atomic mass is 9.91. The van der Waals surface area contributed by atoms with E-state index in [2.05, 4.69) is 42.3 Å². The Morgan fingerprint density at radius 1 is 1.04 bits per heavy atom. The molecule has 4 heteroatoms. The average Bonchev–Trinajstić information content (AvgIpc) is 2.90. The van der Waals surface area contributed by atoms with E-state index in [1.54, 1.807) is 11.3 Å². The van der Waals surface area contributed by atoms with Gasteiger partial charge in [-0.1, -0.05) is 24.3 Å². The summed E-state index contributed by atoms with van der Waals surface area (Å²) in [7, 11) is 2.13. The molecule has 4 rings (SSSR count). The summed E-state index contributed by atoms with van der Waals surface area (Å²) in [5, 5.41) is 0. The van der Waals surface area contributed by atoms with Gasteiger partial charge in [0.15, 0.2) is 0 Å². The van der Waals surface area contributed by atoms with Crippen molar-refractivity contribution in [3.8, 4) is 10.4 Å². The maximum Gasteiger partial charge on any atom is 0.263 e. The Bertz CT molecular complexity index is 737. The molecular weight excluding hydrogens is 304 g/mol. The first-order valence-corrected chi connectivity index (χ1v) is 9.23. The molecule has 0 atom stereocenters. The molecule has 1 fully saturated rings. The maximum absolute atomic E-state index is 12.9. The Kier molecular flexibility index (Phi) is 3.95. The standard InChI is InChI=1S/C19H22N2OS/c1-20-9-4-10-21(12-11-20)19(22)17-13-15-8-7-14-5-2-3-6-16(14)18(15)23-17/h2-3,5-6,13H,4,7-12H2,1H3. The van der Waals surface area contributed by atoms with E-state index in [4.69, 9.17) is 0 Å². The average molecular weight is 326 g/mol. The zero-order chi connectivity index (χ0) is 15.8. The van der Waals surface area contributed by atoms with Gasteiger partial charge in [0, 0.05) is 24.5 Å². The lowest BCUT2D eigenvalue weighted by molar-refractivity contribution is 0.0767. The molecule has 0 bridgehead atoms. The predicted molar refractivity (Wildman–Crippen MR) is 95.2 cm³/mol. The molecule has 0 saturated carbocycles. The third-order valence-electron chi connectivity index (χ3n) is 4.95. The molecule has 23 heavy (non-hydrogen) atoms. The molecule has 2 aliphatic rings. The minimum absolute atomic E-state index is 0.220. The number of benzene rings is 1. The topological polar surface area (TPSA) is 23.6 Å². The van der Waals surface area contributed by atoms with Crippen molar-refractivity contribution in [3.63, 3.8) is 0 Å².